The number of hydrogen-bond acceptors (Lipinski definition) is 6. The number of thioether (sulfide) groups is 1. The van der Waals surface area contributed by atoms with E-state index >= 15 is 0 Å². The quantitative estimate of drug-likeness (QED) is 0.582. The Kier molecular flexibility index (Phi) is 7.00. The highest BCUT2D eigenvalue weighted by Gasteiger charge is 2.60. The highest BCUT2D eigenvalue weighted by molar-refractivity contribution is 8.05. The summed E-state index contributed by atoms with van der Waals surface area (Å²) in [5.41, 5.74) is 2.65. The predicted molar refractivity (Wildman–Crippen MR) is 135 cm³/mol. The van der Waals surface area contributed by atoms with Crippen molar-refractivity contribution in [3.8, 4) is 5.82 Å². The fourth-order valence-corrected chi connectivity index (χ4v) is 7.10. The van der Waals surface area contributed by atoms with Gasteiger partial charge in [0.2, 0.25) is 0 Å². The summed E-state index contributed by atoms with van der Waals surface area (Å²) in [5, 5.41) is 7.87. The van der Waals surface area contributed by atoms with E-state index in [1.165, 1.54) is 17.8 Å². The van der Waals surface area contributed by atoms with Crippen molar-refractivity contribution in [3.05, 3.63) is 51.8 Å². The SMILES string of the molecule is Cc1nn(-c2ncccc2CNC(C)C)cc1CN1CCC2(CC1)OCC(F)(F)C1C=C(Cl)SC12. The lowest BCUT2D eigenvalue weighted by Gasteiger charge is -2.51. The summed E-state index contributed by atoms with van der Waals surface area (Å²) < 4.78 is 37.2. The second-order valence-electron chi connectivity index (χ2n) is 10.1. The van der Waals surface area contributed by atoms with Crippen molar-refractivity contribution in [1.82, 2.24) is 25.0 Å². The Bertz CT molecular complexity index is 1100. The zero-order valence-corrected chi connectivity index (χ0v) is 21.9. The van der Waals surface area contributed by atoms with Gasteiger partial charge in [0.15, 0.2) is 5.82 Å². The van der Waals surface area contributed by atoms with E-state index < -0.39 is 24.0 Å². The van der Waals surface area contributed by atoms with Crippen molar-refractivity contribution in [3.63, 3.8) is 0 Å². The number of piperidine rings is 1. The van der Waals surface area contributed by atoms with Gasteiger partial charge in [-0.3, -0.25) is 4.90 Å². The van der Waals surface area contributed by atoms with E-state index in [1.807, 2.05) is 17.7 Å². The van der Waals surface area contributed by atoms with E-state index in [2.05, 4.69) is 41.3 Å². The van der Waals surface area contributed by atoms with Crippen LogP contribution in [0.5, 0.6) is 0 Å². The Labute approximate surface area is 214 Å². The van der Waals surface area contributed by atoms with Crippen LogP contribution >= 0.6 is 23.4 Å². The fourth-order valence-electron chi connectivity index (χ4n) is 5.27. The third-order valence-corrected chi connectivity index (χ3v) is 9.05. The van der Waals surface area contributed by atoms with Crippen molar-refractivity contribution in [2.45, 2.75) is 69.5 Å². The summed E-state index contributed by atoms with van der Waals surface area (Å²) in [7, 11) is 0. The highest BCUT2D eigenvalue weighted by atomic mass is 35.5. The Morgan fingerprint density at radius 2 is 2.06 bits per heavy atom. The third kappa shape index (κ3) is 5.03. The second-order valence-corrected chi connectivity index (χ2v) is 11.9. The number of halogens is 3. The molecule has 1 spiro atoms. The molecule has 2 unspecified atom stereocenters. The van der Waals surface area contributed by atoms with Gasteiger partial charge in [-0.15, -0.1) is 11.8 Å². The van der Waals surface area contributed by atoms with Gasteiger partial charge in [-0.05, 0) is 31.9 Å². The lowest BCUT2D eigenvalue weighted by molar-refractivity contribution is -0.215. The third-order valence-electron chi connectivity index (χ3n) is 7.32. The number of allylic oxidation sites excluding steroid dienone is 1. The largest absolute Gasteiger partial charge is 0.367 e. The van der Waals surface area contributed by atoms with Crippen LogP contribution in [0.15, 0.2) is 35.0 Å². The van der Waals surface area contributed by atoms with Crippen molar-refractivity contribution in [2.24, 2.45) is 5.92 Å². The van der Waals surface area contributed by atoms with Crippen LogP contribution in [0.2, 0.25) is 0 Å². The lowest BCUT2D eigenvalue weighted by Crippen LogP contribution is -2.61. The summed E-state index contributed by atoms with van der Waals surface area (Å²) in [5.74, 6) is -2.88. The number of pyridine rings is 1. The van der Waals surface area contributed by atoms with Crippen LogP contribution in [-0.2, 0) is 17.8 Å². The van der Waals surface area contributed by atoms with Gasteiger partial charge in [0, 0.05) is 55.7 Å². The standard InChI is InChI=1S/C25H32ClF2N5OS/c1-16(2)30-12-18-5-4-8-29-23(18)33-14-19(17(3)31-33)13-32-9-6-24(7-10-32)22-20(11-21(26)35-22)25(27,28)15-34-24/h4-5,8,11,14,16,20,22,30H,6-7,9-10,12-13,15H2,1-3H3. The second kappa shape index (κ2) is 9.74. The Balaban J connectivity index is 1.26. The molecule has 2 aromatic rings. The number of nitrogens with zero attached hydrogens (tertiary/aromatic N) is 4. The number of rotatable bonds is 6. The summed E-state index contributed by atoms with van der Waals surface area (Å²) in [4.78, 5) is 6.94. The Hall–Kier alpha value is -1.52. The number of fused-ring (bicyclic) bond motifs is 2. The molecule has 0 bridgehead atoms. The van der Waals surface area contributed by atoms with Gasteiger partial charge in [-0.1, -0.05) is 31.5 Å². The molecule has 35 heavy (non-hydrogen) atoms. The molecule has 1 N–H and O–H groups in total. The highest BCUT2D eigenvalue weighted by Crippen LogP contribution is 2.56. The molecule has 3 aliphatic heterocycles. The monoisotopic (exact) mass is 523 g/mol. The minimum absolute atomic E-state index is 0.326. The summed E-state index contributed by atoms with van der Waals surface area (Å²) in [6.45, 7) is 8.78. The molecule has 0 aliphatic carbocycles. The molecule has 10 heteroatoms. The van der Waals surface area contributed by atoms with Gasteiger partial charge in [0.05, 0.1) is 26.8 Å². The molecule has 0 radical (unpaired) electrons. The van der Waals surface area contributed by atoms with Gasteiger partial charge in [0.25, 0.3) is 5.92 Å². The van der Waals surface area contributed by atoms with Crippen LogP contribution in [0.3, 0.4) is 0 Å². The number of ether oxygens (including phenoxy) is 1. The maximum Gasteiger partial charge on any atom is 0.278 e. The molecule has 0 saturated carbocycles. The van der Waals surface area contributed by atoms with E-state index in [0.29, 0.717) is 23.2 Å². The van der Waals surface area contributed by atoms with Crippen molar-refractivity contribution in [1.29, 1.82) is 0 Å². The minimum atomic E-state index is -2.86. The predicted octanol–water partition coefficient (Wildman–Crippen LogP) is 4.89. The molecule has 5 rings (SSSR count). The Morgan fingerprint density at radius 3 is 2.80 bits per heavy atom. The maximum atomic E-state index is 14.5. The van der Waals surface area contributed by atoms with Gasteiger partial charge >= 0.3 is 0 Å². The molecule has 0 amide bonds. The first-order chi connectivity index (χ1) is 16.7. The molecule has 3 aliphatic rings. The first-order valence-corrected chi connectivity index (χ1v) is 13.4. The van der Waals surface area contributed by atoms with Crippen LogP contribution in [0.25, 0.3) is 5.82 Å². The van der Waals surface area contributed by atoms with Crippen LogP contribution in [0.4, 0.5) is 8.78 Å². The van der Waals surface area contributed by atoms with Gasteiger partial charge in [-0.25, -0.2) is 18.4 Å². The number of likely N-dealkylation sites (tertiary alicyclic amines) is 1. The number of aromatic nitrogens is 3. The van der Waals surface area contributed by atoms with E-state index in [4.69, 9.17) is 21.4 Å². The molecule has 2 fully saturated rings. The first kappa shape index (κ1) is 25.1. The molecule has 190 valence electrons. The molecule has 2 aromatic heterocycles. The molecule has 6 nitrogen and oxygen atoms in total. The van der Waals surface area contributed by atoms with Crippen molar-refractivity contribution >= 4 is 23.4 Å². The van der Waals surface area contributed by atoms with Gasteiger partial charge < -0.3 is 10.1 Å². The zero-order chi connectivity index (χ0) is 24.8. The summed E-state index contributed by atoms with van der Waals surface area (Å²) in [6.07, 6.45) is 6.82. The number of alkyl halides is 2. The zero-order valence-electron chi connectivity index (χ0n) is 20.3. The van der Waals surface area contributed by atoms with Crippen molar-refractivity contribution < 1.29 is 13.5 Å². The Morgan fingerprint density at radius 1 is 1.29 bits per heavy atom. The number of nitrogens with one attached hydrogen (secondary N) is 1. The smallest absolute Gasteiger partial charge is 0.278 e. The van der Waals surface area contributed by atoms with Crippen LogP contribution < -0.4 is 5.32 Å². The summed E-state index contributed by atoms with van der Waals surface area (Å²) in [6, 6.07) is 4.40. The maximum absolute atomic E-state index is 14.5. The minimum Gasteiger partial charge on any atom is -0.367 e. The van der Waals surface area contributed by atoms with Crippen molar-refractivity contribution in [2.75, 3.05) is 19.7 Å². The summed E-state index contributed by atoms with van der Waals surface area (Å²) >= 11 is 7.53. The van der Waals surface area contributed by atoms with E-state index in [-0.39, 0.29) is 5.25 Å². The normalized spacial score (nSPS) is 25.7. The molecule has 2 atom stereocenters. The first-order valence-electron chi connectivity index (χ1n) is 12.2. The van der Waals surface area contributed by atoms with Crippen LogP contribution in [0, 0.1) is 12.8 Å². The van der Waals surface area contributed by atoms with Crippen LogP contribution in [-0.4, -0.2) is 62.2 Å². The average molecular weight is 524 g/mol. The fraction of sp³-hybridized carbons (Fsp3) is 0.600. The van der Waals surface area contributed by atoms with E-state index in [1.54, 1.807) is 6.20 Å². The van der Waals surface area contributed by atoms with Gasteiger partial charge in [0.1, 0.15) is 6.61 Å². The average Bonchev–Trinajstić information content (AvgIpc) is 3.41. The lowest BCUT2D eigenvalue weighted by atomic mass is 9.77. The molecular formula is C25H32ClF2N5OS. The van der Waals surface area contributed by atoms with Crippen LogP contribution in [0.1, 0.15) is 43.5 Å². The number of hydrogen-bond donors (Lipinski definition) is 1. The molecule has 0 aromatic carbocycles. The molecule has 5 heterocycles. The molecular weight excluding hydrogens is 492 g/mol. The molecule has 2 saturated heterocycles. The topological polar surface area (TPSA) is 55.2 Å². The van der Waals surface area contributed by atoms with Gasteiger partial charge in [-0.2, -0.15) is 5.10 Å². The number of aryl methyl sites for hydroxylation is 1. The van der Waals surface area contributed by atoms with E-state index in [0.717, 1.165) is 48.8 Å². The van der Waals surface area contributed by atoms with E-state index in [9.17, 15) is 8.78 Å².